The fourth-order valence-corrected chi connectivity index (χ4v) is 10.8. The fraction of sp³-hybridized carbons (Fsp3) is 0.500. The van der Waals surface area contributed by atoms with Gasteiger partial charge in [-0.15, -0.1) is 6.42 Å². The van der Waals surface area contributed by atoms with Crippen LogP contribution in [0.4, 0.5) is 14.6 Å². The number of hydrogen-bond acceptors (Lipinski definition) is 10. The number of aromatic nitrogens is 3. The second-order valence-electron chi connectivity index (χ2n) is 14.4. The molecule has 0 bridgehead atoms. The number of ether oxygens (including phenoxy) is 2. The summed E-state index contributed by atoms with van der Waals surface area (Å²) in [6, 6.07) is 5.71. The maximum atomic E-state index is 17.0. The molecule has 2 aromatic carbocycles. The molecule has 51 heavy (non-hydrogen) atoms. The molecule has 1 N–H and O–H groups in total. The second-order valence-corrected chi connectivity index (χ2v) is 16.7. The Balaban J connectivity index is 1.20. The molecule has 10 nitrogen and oxygen atoms in total. The Kier molecular flexibility index (Phi) is 8.97. The van der Waals surface area contributed by atoms with Gasteiger partial charge in [-0.3, -0.25) is 9.88 Å². The summed E-state index contributed by atoms with van der Waals surface area (Å²) in [6.07, 6.45) is 14.4. The topological polar surface area (TPSA) is 118 Å². The van der Waals surface area contributed by atoms with Crippen molar-refractivity contribution >= 4 is 37.3 Å². The average Bonchev–Trinajstić information content (AvgIpc) is 3.36. The van der Waals surface area contributed by atoms with E-state index in [9.17, 15) is 17.9 Å². The molecule has 0 spiro atoms. The lowest BCUT2D eigenvalue weighted by Crippen LogP contribution is -2.57. The minimum absolute atomic E-state index is 0.0114. The van der Waals surface area contributed by atoms with E-state index < -0.39 is 21.5 Å². The number of benzene rings is 2. The Morgan fingerprint density at radius 3 is 2.76 bits per heavy atom. The number of halogens is 2. The van der Waals surface area contributed by atoms with Crippen LogP contribution in [0.1, 0.15) is 56.9 Å². The predicted octanol–water partition coefficient (Wildman–Crippen LogP) is 5.63. The van der Waals surface area contributed by atoms with Crippen molar-refractivity contribution in [3.8, 4) is 35.4 Å². The van der Waals surface area contributed by atoms with Gasteiger partial charge in [0.2, 0.25) is 0 Å². The lowest BCUT2D eigenvalue weighted by molar-refractivity contribution is -0.0205. The third kappa shape index (κ3) is 6.25. The zero-order chi connectivity index (χ0) is 35.3. The first-order valence-corrected chi connectivity index (χ1v) is 19.7. The van der Waals surface area contributed by atoms with E-state index in [1.165, 1.54) is 30.5 Å². The summed E-state index contributed by atoms with van der Waals surface area (Å²) in [6.45, 7) is 3.42. The van der Waals surface area contributed by atoms with Gasteiger partial charge >= 0.3 is 6.01 Å². The Morgan fingerprint density at radius 2 is 1.92 bits per heavy atom. The predicted molar refractivity (Wildman–Crippen MR) is 191 cm³/mol. The molecule has 8 rings (SSSR count). The third-order valence-electron chi connectivity index (χ3n) is 11.4. The number of phenols is 1. The number of likely N-dealkylation sites (tertiary alicyclic amines) is 1. The monoisotopic (exact) mass is 717 g/mol. The van der Waals surface area contributed by atoms with Crippen LogP contribution >= 0.6 is 0 Å². The number of nitrogens with zero attached hydrogens (tertiary/aromatic N) is 5. The number of aromatic hydroxyl groups is 1. The summed E-state index contributed by atoms with van der Waals surface area (Å²) < 4.78 is 69.3. The van der Waals surface area contributed by atoms with Gasteiger partial charge in [-0.1, -0.05) is 18.4 Å². The van der Waals surface area contributed by atoms with Crippen LogP contribution in [-0.2, 0) is 14.6 Å². The Bertz CT molecular complexity index is 2150. The van der Waals surface area contributed by atoms with Crippen molar-refractivity contribution in [2.75, 3.05) is 55.9 Å². The van der Waals surface area contributed by atoms with E-state index in [0.29, 0.717) is 55.9 Å². The normalized spacial score (nSPS) is 25.4. The maximum Gasteiger partial charge on any atom is 0.319 e. The Labute approximate surface area is 296 Å². The highest BCUT2D eigenvalue weighted by Crippen LogP contribution is 2.49. The highest BCUT2D eigenvalue weighted by molar-refractivity contribution is 7.91. The van der Waals surface area contributed by atoms with Gasteiger partial charge in [0.05, 0.1) is 35.7 Å². The smallest absolute Gasteiger partial charge is 0.319 e. The molecule has 3 saturated heterocycles. The van der Waals surface area contributed by atoms with Gasteiger partial charge in [-0.05, 0) is 75.1 Å². The summed E-state index contributed by atoms with van der Waals surface area (Å²) in [4.78, 5) is 18.5. The van der Waals surface area contributed by atoms with E-state index in [1.54, 1.807) is 0 Å². The number of hydrogen-bond donors (Lipinski definition) is 1. The molecule has 0 radical (unpaired) electrons. The molecule has 13 heteroatoms. The molecule has 1 saturated carbocycles. The van der Waals surface area contributed by atoms with Gasteiger partial charge in [-0.2, -0.15) is 9.97 Å². The van der Waals surface area contributed by atoms with Crippen LogP contribution in [0.3, 0.4) is 0 Å². The van der Waals surface area contributed by atoms with Crippen LogP contribution < -0.4 is 9.64 Å². The standard InChI is InChI=1S/C38H41F2N5O5S/c1-2-27-30(39)10-9-24-19-26(46)20-28(32(24)27)34-33(40)35-29(21-41-34)36(44-13-6-16-49-17-15-44)43-37(42-35)50-23-38-11-3-8-31(38)45(14-5-12-38)25-7-4-18-51(47,48)22-25/h1,9-10,19-21,25,31,46H,3-8,11-18,22-23H2/t25?,31-,38-/m1/s1. The number of sulfone groups is 1. The van der Waals surface area contributed by atoms with Crippen molar-refractivity contribution in [1.29, 1.82) is 0 Å². The molecule has 3 atom stereocenters. The van der Waals surface area contributed by atoms with Crippen molar-refractivity contribution in [2.24, 2.45) is 5.41 Å². The zero-order valence-electron chi connectivity index (χ0n) is 28.4. The Morgan fingerprint density at radius 1 is 1.06 bits per heavy atom. The van der Waals surface area contributed by atoms with Crippen molar-refractivity contribution < 1.29 is 31.8 Å². The molecule has 5 heterocycles. The number of pyridine rings is 1. The van der Waals surface area contributed by atoms with Gasteiger partial charge in [0.15, 0.2) is 15.7 Å². The zero-order valence-corrected chi connectivity index (χ0v) is 29.2. The van der Waals surface area contributed by atoms with Gasteiger partial charge in [0.1, 0.15) is 28.6 Å². The number of anilines is 1. The summed E-state index contributed by atoms with van der Waals surface area (Å²) in [7, 11) is -3.06. The van der Waals surface area contributed by atoms with Crippen molar-refractivity contribution in [3.63, 3.8) is 0 Å². The van der Waals surface area contributed by atoms with Crippen LogP contribution in [-0.4, -0.2) is 96.4 Å². The van der Waals surface area contributed by atoms with E-state index in [0.717, 1.165) is 51.5 Å². The van der Waals surface area contributed by atoms with Gasteiger partial charge in [-0.25, -0.2) is 17.2 Å². The molecule has 4 fully saturated rings. The third-order valence-corrected chi connectivity index (χ3v) is 13.2. The molecule has 2 aromatic heterocycles. The maximum absolute atomic E-state index is 17.0. The largest absolute Gasteiger partial charge is 0.508 e. The van der Waals surface area contributed by atoms with Crippen LogP contribution in [0.2, 0.25) is 0 Å². The summed E-state index contributed by atoms with van der Waals surface area (Å²) in [5.74, 6) is 1.76. The minimum Gasteiger partial charge on any atom is -0.508 e. The van der Waals surface area contributed by atoms with E-state index in [4.69, 9.17) is 20.9 Å². The average molecular weight is 718 g/mol. The lowest BCUT2D eigenvalue weighted by atomic mass is 9.75. The van der Waals surface area contributed by atoms with Crippen LogP contribution in [0.15, 0.2) is 30.5 Å². The Hall–Kier alpha value is -4.12. The number of piperidine rings is 1. The molecule has 3 aliphatic heterocycles. The molecular weight excluding hydrogens is 677 g/mol. The van der Waals surface area contributed by atoms with Crippen LogP contribution in [0.5, 0.6) is 11.8 Å². The van der Waals surface area contributed by atoms with Crippen LogP contribution in [0.25, 0.3) is 32.9 Å². The summed E-state index contributed by atoms with van der Waals surface area (Å²) in [5.41, 5.74) is -0.272. The SMILES string of the molecule is C#Cc1c(F)ccc2cc(O)cc(-c3ncc4c(N5CCCOCC5)nc(OC[C@]56CCC[C@H]5N(C5CCCS(=O)(=O)C5)CCC6)nc4c3F)c12. The first kappa shape index (κ1) is 34.0. The minimum atomic E-state index is -3.06. The van der Waals surface area contributed by atoms with Crippen LogP contribution in [0, 0.1) is 29.4 Å². The molecule has 4 aliphatic rings. The van der Waals surface area contributed by atoms with Gasteiger partial charge in [0.25, 0.3) is 0 Å². The molecule has 268 valence electrons. The molecule has 4 aromatic rings. The fourth-order valence-electron chi connectivity index (χ4n) is 9.07. The number of phenolic OH excluding ortho intramolecular Hbond substituents is 1. The van der Waals surface area contributed by atoms with E-state index in [-0.39, 0.29) is 68.5 Å². The van der Waals surface area contributed by atoms with Crippen molar-refractivity contribution in [1.82, 2.24) is 19.9 Å². The first-order chi connectivity index (χ1) is 24.7. The quantitative estimate of drug-likeness (QED) is 0.252. The molecule has 1 aliphatic carbocycles. The summed E-state index contributed by atoms with van der Waals surface area (Å²) >= 11 is 0. The van der Waals surface area contributed by atoms with Crippen molar-refractivity contribution in [3.05, 3.63) is 47.7 Å². The molecular formula is C38H41F2N5O5S. The second kappa shape index (κ2) is 13.5. The molecule has 0 amide bonds. The highest BCUT2D eigenvalue weighted by Gasteiger charge is 2.50. The highest BCUT2D eigenvalue weighted by atomic mass is 32.2. The number of terminal acetylenes is 1. The van der Waals surface area contributed by atoms with E-state index >= 15 is 4.39 Å². The van der Waals surface area contributed by atoms with Gasteiger partial charge < -0.3 is 19.5 Å². The van der Waals surface area contributed by atoms with E-state index in [1.807, 2.05) is 4.90 Å². The number of fused-ring (bicyclic) bond motifs is 3. The summed E-state index contributed by atoms with van der Waals surface area (Å²) in [5, 5.41) is 11.7. The van der Waals surface area contributed by atoms with Gasteiger partial charge in [0, 0.05) is 54.3 Å². The lowest BCUT2D eigenvalue weighted by Gasteiger charge is -2.49. The van der Waals surface area contributed by atoms with Crippen molar-refractivity contribution in [2.45, 2.75) is 63.5 Å². The molecule has 1 unspecified atom stereocenters. The number of rotatable bonds is 6. The van der Waals surface area contributed by atoms with E-state index in [2.05, 4.69) is 20.8 Å². The first-order valence-electron chi connectivity index (χ1n) is 17.9.